The summed E-state index contributed by atoms with van der Waals surface area (Å²) in [5, 5.41) is 13.1. The molecule has 0 aromatic heterocycles. The Labute approximate surface area is 111 Å². The van der Waals surface area contributed by atoms with Crippen molar-refractivity contribution < 1.29 is 0 Å². The van der Waals surface area contributed by atoms with E-state index in [0.717, 1.165) is 29.4 Å². The molecule has 2 rings (SSSR count). The van der Waals surface area contributed by atoms with E-state index in [1.807, 2.05) is 12.1 Å². The number of nitrogens with one attached hydrogen (secondary N) is 1. The van der Waals surface area contributed by atoms with Crippen molar-refractivity contribution in [2.45, 2.75) is 37.6 Å². The maximum atomic E-state index is 9.62. The maximum absolute atomic E-state index is 9.62. The lowest BCUT2D eigenvalue weighted by Crippen LogP contribution is -2.52. The summed E-state index contributed by atoms with van der Waals surface area (Å²) in [6.07, 6.45) is 1.73. The summed E-state index contributed by atoms with van der Waals surface area (Å²) in [5.74, 6) is 0. The molecule has 1 heterocycles. The van der Waals surface area contributed by atoms with Crippen molar-refractivity contribution >= 4 is 15.9 Å². The fourth-order valence-electron chi connectivity index (χ4n) is 2.71. The monoisotopic (exact) mass is 292 g/mol. The zero-order chi connectivity index (χ0) is 12.5. The van der Waals surface area contributed by atoms with Crippen LogP contribution in [0.5, 0.6) is 0 Å². The molecule has 1 unspecified atom stereocenters. The molecule has 1 aromatic carbocycles. The minimum absolute atomic E-state index is 0.0241. The zero-order valence-electron chi connectivity index (χ0n) is 10.3. The molecule has 1 aliphatic heterocycles. The van der Waals surface area contributed by atoms with Gasteiger partial charge in [-0.3, -0.25) is 0 Å². The van der Waals surface area contributed by atoms with Crippen molar-refractivity contribution in [2.75, 3.05) is 6.54 Å². The second-order valence-corrected chi connectivity index (χ2v) is 6.36. The van der Waals surface area contributed by atoms with Gasteiger partial charge in [-0.2, -0.15) is 5.26 Å². The van der Waals surface area contributed by atoms with Gasteiger partial charge in [-0.05, 0) is 50.9 Å². The summed E-state index contributed by atoms with van der Waals surface area (Å²) in [5.41, 5.74) is 0.804. The van der Waals surface area contributed by atoms with Gasteiger partial charge in [0.15, 0.2) is 0 Å². The van der Waals surface area contributed by atoms with E-state index in [2.05, 4.69) is 53.3 Å². The number of nitrogens with zero attached hydrogens (tertiary/aromatic N) is 1. The Hall–Kier alpha value is -0.850. The van der Waals surface area contributed by atoms with Gasteiger partial charge in [-0.1, -0.05) is 28.1 Å². The first-order valence-electron chi connectivity index (χ1n) is 5.90. The number of rotatable bonds is 1. The van der Waals surface area contributed by atoms with Crippen LogP contribution >= 0.6 is 15.9 Å². The van der Waals surface area contributed by atoms with Gasteiger partial charge in [-0.15, -0.1) is 0 Å². The van der Waals surface area contributed by atoms with Crippen molar-refractivity contribution in [3.05, 3.63) is 34.3 Å². The minimum atomic E-state index is -0.349. The second-order valence-electron chi connectivity index (χ2n) is 5.44. The second kappa shape index (κ2) is 4.44. The van der Waals surface area contributed by atoms with Crippen molar-refractivity contribution in [2.24, 2.45) is 0 Å². The topological polar surface area (TPSA) is 35.8 Å². The molecule has 1 fully saturated rings. The summed E-state index contributed by atoms with van der Waals surface area (Å²) in [4.78, 5) is 0. The summed E-state index contributed by atoms with van der Waals surface area (Å²) in [6.45, 7) is 5.22. The van der Waals surface area contributed by atoms with E-state index >= 15 is 0 Å². The molecule has 0 spiro atoms. The number of piperidine rings is 1. The molecule has 0 aliphatic carbocycles. The first kappa shape index (κ1) is 12.6. The van der Waals surface area contributed by atoms with Crippen molar-refractivity contribution in [3.63, 3.8) is 0 Å². The Morgan fingerprint density at radius 2 is 2.18 bits per heavy atom. The van der Waals surface area contributed by atoms with E-state index in [1.165, 1.54) is 0 Å². The molecule has 0 bridgehead atoms. The highest BCUT2D eigenvalue weighted by Gasteiger charge is 2.41. The lowest BCUT2D eigenvalue weighted by molar-refractivity contribution is 0.233. The molecule has 1 saturated heterocycles. The standard InChI is InChI=1S/C14H17BrN2/c1-13(2)9-14(10-16,6-7-17-13)11-4-3-5-12(15)8-11/h3-5,8,17H,6-7,9H2,1-2H3. The van der Waals surface area contributed by atoms with Gasteiger partial charge >= 0.3 is 0 Å². The number of benzene rings is 1. The quantitative estimate of drug-likeness (QED) is 0.861. The molecular weight excluding hydrogens is 276 g/mol. The van der Waals surface area contributed by atoms with Crippen molar-refractivity contribution in [1.82, 2.24) is 5.32 Å². The van der Waals surface area contributed by atoms with Crippen molar-refractivity contribution in [1.29, 1.82) is 5.26 Å². The smallest absolute Gasteiger partial charge is 0.0852 e. The molecule has 0 amide bonds. The maximum Gasteiger partial charge on any atom is 0.0852 e. The molecular formula is C14H17BrN2. The summed E-state index contributed by atoms with van der Waals surface area (Å²) in [6, 6.07) is 10.7. The first-order chi connectivity index (χ1) is 7.97. The SMILES string of the molecule is CC1(C)CC(C#N)(c2cccc(Br)c2)CCN1. The van der Waals surface area contributed by atoms with E-state index in [-0.39, 0.29) is 11.0 Å². The van der Waals surface area contributed by atoms with Crippen LogP contribution in [0.15, 0.2) is 28.7 Å². The van der Waals surface area contributed by atoms with E-state index in [1.54, 1.807) is 0 Å². The Bertz CT molecular complexity index is 462. The van der Waals surface area contributed by atoms with Gasteiger partial charge < -0.3 is 5.32 Å². The molecule has 1 aliphatic rings. The van der Waals surface area contributed by atoms with Crippen LogP contribution in [0.3, 0.4) is 0 Å². The number of nitriles is 1. The third kappa shape index (κ3) is 2.53. The predicted octanol–water partition coefficient (Wildman–Crippen LogP) is 3.37. The number of hydrogen-bond donors (Lipinski definition) is 1. The van der Waals surface area contributed by atoms with Crippen LogP contribution in [0.4, 0.5) is 0 Å². The van der Waals surface area contributed by atoms with Crippen LogP contribution in [0, 0.1) is 11.3 Å². The largest absolute Gasteiger partial charge is 0.312 e. The van der Waals surface area contributed by atoms with Crippen LogP contribution in [-0.4, -0.2) is 12.1 Å². The third-order valence-electron chi connectivity index (χ3n) is 3.49. The lowest BCUT2D eigenvalue weighted by Gasteiger charge is -2.42. The van der Waals surface area contributed by atoms with E-state index in [0.29, 0.717) is 0 Å². The first-order valence-corrected chi connectivity index (χ1v) is 6.69. The molecule has 1 atom stereocenters. The molecule has 2 nitrogen and oxygen atoms in total. The molecule has 17 heavy (non-hydrogen) atoms. The van der Waals surface area contributed by atoms with Crippen LogP contribution in [0.2, 0.25) is 0 Å². The average Bonchev–Trinajstić information content (AvgIpc) is 2.27. The highest BCUT2D eigenvalue weighted by Crippen LogP contribution is 2.39. The van der Waals surface area contributed by atoms with E-state index in [9.17, 15) is 5.26 Å². The minimum Gasteiger partial charge on any atom is -0.312 e. The van der Waals surface area contributed by atoms with Gasteiger partial charge in [0.1, 0.15) is 0 Å². The Balaban J connectivity index is 2.42. The predicted molar refractivity (Wildman–Crippen MR) is 72.7 cm³/mol. The Morgan fingerprint density at radius 3 is 2.76 bits per heavy atom. The van der Waals surface area contributed by atoms with Crippen LogP contribution in [0.1, 0.15) is 32.3 Å². The summed E-state index contributed by atoms with van der Waals surface area (Å²) in [7, 11) is 0. The van der Waals surface area contributed by atoms with Gasteiger partial charge in [0.05, 0.1) is 11.5 Å². The van der Waals surface area contributed by atoms with Gasteiger partial charge in [0.25, 0.3) is 0 Å². The van der Waals surface area contributed by atoms with Crippen LogP contribution < -0.4 is 5.32 Å². The van der Waals surface area contributed by atoms with E-state index in [4.69, 9.17) is 0 Å². The number of halogens is 1. The van der Waals surface area contributed by atoms with Gasteiger partial charge in [-0.25, -0.2) is 0 Å². The molecule has 90 valence electrons. The summed E-state index contributed by atoms with van der Waals surface area (Å²) >= 11 is 3.49. The van der Waals surface area contributed by atoms with Gasteiger partial charge in [0, 0.05) is 10.0 Å². The normalized spacial score (nSPS) is 27.4. The highest BCUT2D eigenvalue weighted by atomic mass is 79.9. The molecule has 0 radical (unpaired) electrons. The third-order valence-corrected chi connectivity index (χ3v) is 3.98. The Kier molecular flexibility index (Phi) is 3.29. The highest BCUT2D eigenvalue weighted by molar-refractivity contribution is 9.10. The Morgan fingerprint density at radius 1 is 1.41 bits per heavy atom. The number of hydrogen-bond acceptors (Lipinski definition) is 2. The summed E-state index contributed by atoms with van der Waals surface area (Å²) < 4.78 is 1.04. The average molecular weight is 293 g/mol. The van der Waals surface area contributed by atoms with Gasteiger partial charge in [0.2, 0.25) is 0 Å². The molecule has 0 saturated carbocycles. The molecule has 1 N–H and O–H groups in total. The van der Waals surface area contributed by atoms with Crippen LogP contribution in [-0.2, 0) is 5.41 Å². The van der Waals surface area contributed by atoms with E-state index < -0.39 is 0 Å². The molecule has 3 heteroatoms. The van der Waals surface area contributed by atoms with Crippen molar-refractivity contribution in [3.8, 4) is 6.07 Å². The van der Waals surface area contributed by atoms with Crippen LogP contribution in [0.25, 0.3) is 0 Å². The molecule has 1 aromatic rings. The zero-order valence-corrected chi connectivity index (χ0v) is 11.8. The lowest BCUT2D eigenvalue weighted by atomic mass is 9.68. The fourth-order valence-corrected chi connectivity index (χ4v) is 3.11. The fraction of sp³-hybridized carbons (Fsp3) is 0.500.